The van der Waals surface area contributed by atoms with E-state index in [1.165, 1.54) is 30.2 Å². The van der Waals surface area contributed by atoms with Gasteiger partial charge in [0.2, 0.25) is 0 Å². The van der Waals surface area contributed by atoms with Crippen molar-refractivity contribution in [3.05, 3.63) is 91.5 Å². The Bertz CT molecular complexity index is 1410. The molecule has 10 heteroatoms. The molecule has 5 nitrogen and oxygen atoms in total. The monoisotopic (exact) mass is 588 g/mol. The predicted molar refractivity (Wildman–Crippen MR) is 143 cm³/mol. The molecule has 0 atom stereocenters. The number of thioether (sulfide) groups is 1. The van der Waals surface area contributed by atoms with Gasteiger partial charge in [-0.05, 0) is 75.6 Å². The maximum absolute atomic E-state index is 13.5. The number of thiocarbonyl (C=S) groups is 1. The van der Waals surface area contributed by atoms with Gasteiger partial charge in [0.1, 0.15) is 12.4 Å². The number of halogens is 3. The first-order chi connectivity index (χ1) is 16.8. The number of rotatable bonds is 6. The highest BCUT2D eigenvalue weighted by atomic mass is 79.9. The standard InChI is InChI=1S/C25H15BrClFN2O3S2/c1-32-21-9-16(8-18(26)23(21)33-13-15-4-2-14(12-29)3-5-15)10-22-24(31)30(25(34)35-22)17-6-7-20(28)19(27)11-17/h2-11H,13H2,1H3. The van der Waals surface area contributed by atoms with E-state index in [1.807, 2.05) is 12.1 Å². The maximum Gasteiger partial charge on any atom is 0.270 e. The van der Waals surface area contributed by atoms with Crippen LogP contribution in [0.25, 0.3) is 6.08 Å². The van der Waals surface area contributed by atoms with Crippen molar-refractivity contribution in [1.82, 2.24) is 0 Å². The van der Waals surface area contributed by atoms with Gasteiger partial charge >= 0.3 is 0 Å². The Kier molecular flexibility index (Phi) is 7.77. The first-order valence-electron chi connectivity index (χ1n) is 10.0. The molecule has 35 heavy (non-hydrogen) atoms. The van der Waals surface area contributed by atoms with Gasteiger partial charge in [-0.15, -0.1) is 0 Å². The fourth-order valence-corrected chi connectivity index (χ4v) is 5.31. The lowest BCUT2D eigenvalue weighted by Gasteiger charge is -2.15. The highest BCUT2D eigenvalue weighted by molar-refractivity contribution is 9.10. The molecule has 0 bridgehead atoms. The Morgan fingerprint density at radius 3 is 2.63 bits per heavy atom. The Balaban J connectivity index is 1.57. The number of ether oxygens (including phenoxy) is 2. The number of carbonyl (C=O) groups excluding carboxylic acids is 1. The zero-order valence-electron chi connectivity index (χ0n) is 18.1. The predicted octanol–water partition coefficient (Wildman–Crippen LogP) is 7.11. The molecule has 0 aliphatic carbocycles. The first kappa shape index (κ1) is 25.2. The van der Waals surface area contributed by atoms with E-state index in [-0.39, 0.29) is 17.5 Å². The summed E-state index contributed by atoms with van der Waals surface area (Å²) in [5, 5.41) is 8.84. The summed E-state index contributed by atoms with van der Waals surface area (Å²) in [6.07, 6.45) is 1.70. The smallest absolute Gasteiger partial charge is 0.270 e. The molecule has 3 aromatic rings. The quantitative estimate of drug-likeness (QED) is 0.226. The molecule has 176 valence electrons. The molecular weight excluding hydrogens is 575 g/mol. The minimum Gasteiger partial charge on any atom is -0.493 e. The van der Waals surface area contributed by atoms with Gasteiger partial charge in [0.05, 0.1) is 38.8 Å². The summed E-state index contributed by atoms with van der Waals surface area (Å²) in [6.45, 7) is 0.277. The van der Waals surface area contributed by atoms with E-state index in [4.69, 9.17) is 38.6 Å². The zero-order valence-corrected chi connectivity index (χ0v) is 22.0. The molecule has 0 saturated carbocycles. The van der Waals surface area contributed by atoms with Crippen LogP contribution >= 0.6 is 51.5 Å². The van der Waals surface area contributed by atoms with Crippen LogP contribution in [0.1, 0.15) is 16.7 Å². The number of anilines is 1. The van der Waals surface area contributed by atoms with Crippen LogP contribution in [0.4, 0.5) is 10.1 Å². The van der Waals surface area contributed by atoms with Gasteiger partial charge in [-0.2, -0.15) is 5.26 Å². The van der Waals surface area contributed by atoms with Gasteiger partial charge in [-0.25, -0.2) is 4.39 Å². The Labute approximate surface area is 224 Å². The Morgan fingerprint density at radius 2 is 1.97 bits per heavy atom. The minimum atomic E-state index is -0.574. The zero-order chi connectivity index (χ0) is 25.1. The molecule has 1 amide bonds. The van der Waals surface area contributed by atoms with Crippen LogP contribution in [-0.4, -0.2) is 17.3 Å². The largest absolute Gasteiger partial charge is 0.493 e. The van der Waals surface area contributed by atoms with Crippen molar-refractivity contribution in [1.29, 1.82) is 5.26 Å². The molecule has 1 aliphatic heterocycles. The molecule has 1 fully saturated rings. The third kappa shape index (κ3) is 5.52. The van der Waals surface area contributed by atoms with Crippen molar-refractivity contribution in [3.63, 3.8) is 0 Å². The molecule has 0 radical (unpaired) electrons. The number of benzene rings is 3. The molecule has 1 aliphatic rings. The topological polar surface area (TPSA) is 62.6 Å². The van der Waals surface area contributed by atoms with E-state index in [2.05, 4.69) is 22.0 Å². The molecule has 0 unspecified atom stereocenters. The average Bonchev–Trinajstić information content (AvgIpc) is 3.12. The van der Waals surface area contributed by atoms with Gasteiger partial charge in [0.25, 0.3) is 5.91 Å². The van der Waals surface area contributed by atoms with Crippen LogP contribution in [0.2, 0.25) is 5.02 Å². The summed E-state index contributed by atoms with van der Waals surface area (Å²) in [4.78, 5) is 14.8. The number of methoxy groups -OCH3 is 1. The van der Waals surface area contributed by atoms with Gasteiger partial charge < -0.3 is 9.47 Å². The normalized spacial score (nSPS) is 14.4. The summed E-state index contributed by atoms with van der Waals surface area (Å²) >= 11 is 15.9. The molecule has 3 aromatic carbocycles. The number of nitrogens with zero attached hydrogens (tertiary/aromatic N) is 2. The van der Waals surface area contributed by atoms with Crippen molar-refractivity contribution in [2.75, 3.05) is 12.0 Å². The third-order valence-electron chi connectivity index (χ3n) is 4.97. The van der Waals surface area contributed by atoms with E-state index >= 15 is 0 Å². The van der Waals surface area contributed by atoms with Crippen LogP contribution in [0.3, 0.4) is 0 Å². The number of hydrogen-bond acceptors (Lipinski definition) is 6. The molecule has 4 rings (SSSR count). The molecule has 0 spiro atoms. The fraction of sp³-hybridized carbons (Fsp3) is 0.0800. The Hall–Kier alpha value is -2.90. The summed E-state index contributed by atoms with van der Waals surface area (Å²) < 4.78 is 26.0. The van der Waals surface area contributed by atoms with Crippen LogP contribution in [0.15, 0.2) is 64.0 Å². The van der Waals surface area contributed by atoms with Crippen molar-refractivity contribution in [2.45, 2.75) is 6.61 Å². The molecule has 1 saturated heterocycles. The summed E-state index contributed by atoms with van der Waals surface area (Å²) in [6, 6.07) is 16.7. The van der Waals surface area contributed by atoms with Crippen LogP contribution in [0, 0.1) is 17.1 Å². The van der Waals surface area contributed by atoms with Gasteiger partial charge in [-0.3, -0.25) is 9.69 Å². The lowest BCUT2D eigenvalue weighted by Crippen LogP contribution is -2.27. The number of nitriles is 1. The average molecular weight is 590 g/mol. The molecule has 0 N–H and O–H groups in total. The maximum atomic E-state index is 13.5. The summed E-state index contributed by atoms with van der Waals surface area (Å²) in [7, 11) is 1.53. The van der Waals surface area contributed by atoms with E-state index < -0.39 is 5.82 Å². The molecule has 0 aromatic heterocycles. The van der Waals surface area contributed by atoms with Crippen molar-refractivity contribution in [3.8, 4) is 17.6 Å². The van der Waals surface area contributed by atoms with Crippen LogP contribution < -0.4 is 14.4 Å². The van der Waals surface area contributed by atoms with Crippen molar-refractivity contribution < 1.29 is 18.7 Å². The number of carbonyl (C=O) groups is 1. The van der Waals surface area contributed by atoms with Gasteiger partial charge in [0.15, 0.2) is 15.8 Å². The summed E-state index contributed by atoms with van der Waals surface area (Å²) in [5.74, 6) is 0.0660. The Morgan fingerprint density at radius 1 is 1.23 bits per heavy atom. The second-order valence-corrected chi connectivity index (χ2v) is 10.2. The first-order valence-corrected chi connectivity index (χ1v) is 12.4. The highest BCUT2D eigenvalue weighted by Gasteiger charge is 2.33. The molecule has 1 heterocycles. The molecular formula is C25H15BrClFN2O3S2. The van der Waals surface area contributed by atoms with Crippen molar-refractivity contribution in [2.24, 2.45) is 0 Å². The second kappa shape index (κ2) is 10.8. The van der Waals surface area contributed by atoms with Crippen LogP contribution in [-0.2, 0) is 11.4 Å². The van der Waals surface area contributed by atoms with Gasteiger partial charge in [0, 0.05) is 0 Å². The fourth-order valence-electron chi connectivity index (χ4n) is 3.26. The third-order valence-corrected chi connectivity index (χ3v) is 7.15. The SMILES string of the molecule is COc1cc(C=C2SC(=S)N(c3ccc(F)c(Cl)c3)C2=O)cc(Br)c1OCc1ccc(C#N)cc1. The summed E-state index contributed by atoms with van der Waals surface area (Å²) in [5.41, 5.74) is 2.56. The number of amides is 1. The van der Waals surface area contributed by atoms with E-state index in [0.29, 0.717) is 42.0 Å². The van der Waals surface area contributed by atoms with E-state index in [9.17, 15) is 9.18 Å². The van der Waals surface area contributed by atoms with Gasteiger partial charge in [-0.1, -0.05) is 47.7 Å². The van der Waals surface area contributed by atoms with Crippen molar-refractivity contribution >= 4 is 73.5 Å². The van der Waals surface area contributed by atoms with E-state index in [0.717, 1.165) is 17.3 Å². The lowest BCUT2D eigenvalue weighted by molar-refractivity contribution is -0.113. The second-order valence-electron chi connectivity index (χ2n) is 7.25. The minimum absolute atomic E-state index is 0.0919. The van der Waals surface area contributed by atoms with Crippen LogP contribution in [0.5, 0.6) is 11.5 Å². The number of hydrogen-bond donors (Lipinski definition) is 0. The highest BCUT2D eigenvalue weighted by Crippen LogP contribution is 2.40. The van der Waals surface area contributed by atoms with E-state index in [1.54, 1.807) is 30.3 Å². The lowest BCUT2D eigenvalue weighted by atomic mass is 10.1.